The topological polar surface area (TPSA) is 130 Å². The van der Waals surface area contributed by atoms with Crippen molar-refractivity contribution in [1.29, 1.82) is 0 Å². The maximum atomic E-state index is 14.8. The molecule has 0 spiro atoms. The monoisotopic (exact) mass is 765 g/mol. The van der Waals surface area contributed by atoms with Gasteiger partial charge in [0.25, 0.3) is 0 Å². The van der Waals surface area contributed by atoms with E-state index in [9.17, 15) is 19.2 Å². The van der Waals surface area contributed by atoms with Crippen LogP contribution in [0, 0.1) is 6.92 Å². The number of hydrogen-bond donors (Lipinski definition) is 2. The number of nitrogens with one attached hydrogen (secondary N) is 2. The van der Waals surface area contributed by atoms with Gasteiger partial charge >= 0.3 is 12.1 Å². The van der Waals surface area contributed by atoms with E-state index in [1.165, 1.54) is 13.2 Å². The predicted molar refractivity (Wildman–Crippen MR) is 217 cm³/mol. The molecule has 4 rings (SSSR count). The van der Waals surface area contributed by atoms with Gasteiger partial charge in [0.05, 0.1) is 13.1 Å². The molecule has 4 aromatic carbocycles. The zero-order chi connectivity index (χ0) is 40.7. The fourth-order valence-corrected chi connectivity index (χ4v) is 6.03. The Labute approximate surface area is 330 Å². The number of aryl methyl sites for hydroxylation is 1. The largest absolute Gasteiger partial charge is 0.442 e. The second kappa shape index (κ2) is 20.8. The third kappa shape index (κ3) is 13.0. The lowest BCUT2D eigenvalue weighted by atomic mass is 10.0. The van der Waals surface area contributed by atoms with Crippen LogP contribution in [0.2, 0.25) is 0 Å². The highest BCUT2D eigenvalue weighted by atomic mass is 16.7. The average molecular weight is 766 g/mol. The van der Waals surface area contributed by atoms with Gasteiger partial charge in [-0.3, -0.25) is 9.59 Å². The molecule has 0 aliphatic rings. The normalized spacial score (nSPS) is 12.2. The number of rotatable bonds is 17. The summed E-state index contributed by atoms with van der Waals surface area (Å²) in [5.74, 6) is -1.08. The van der Waals surface area contributed by atoms with Gasteiger partial charge in [0.15, 0.2) is 6.29 Å². The average Bonchev–Trinajstić information content (AvgIpc) is 3.17. The lowest BCUT2D eigenvalue weighted by Crippen LogP contribution is -2.58. The maximum Gasteiger partial charge on any atom is 0.429 e. The summed E-state index contributed by atoms with van der Waals surface area (Å²) in [7, 11) is 1.52. The zero-order valence-electron chi connectivity index (χ0n) is 33.3. The molecular formula is C44H55N5O7. The number of nitrogens with zero attached hydrogens (tertiary/aromatic N) is 3. The number of benzene rings is 4. The van der Waals surface area contributed by atoms with Gasteiger partial charge in [0.2, 0.25) is 11.8 Å². The van der Waals surface area contributed by atoms with Crippen LogP contribution in [0.15, 0.2) is 110 Å². The number of carbonyl (C=O) groups is 4. The molecule has 12 nitrogen and oxygen atoms in total. The number of urea groups is 1. The van der Waals surface area contributed by atoms with Gasteiger partial charge in [0, 0.05) is 33.2 Å². The molecular weight excluding hydrogens is 711 g/mol. The molecule has 298 valence electrons. The van der Waals surface area contributed by atoms with Crippen LogP contribution in [0.1, 0.15) is 49.9 Å². The summed E-state index contributed by atoms with van der Waals surface area (Å²) in [5, 5.41) is 9.72. The van der Waals surface area contributed by atoms with E-state index in [-0.39, 0.29) is 38.5 Å². The highest BCUT2D eigenvalue weighted by molar-refractivity contribution is 5.91. The summed E-state index contributed by atoms with van der Waals surface area (Å²) in [6, 6.07) is 29.1. The van der Waals surface area contributed by atoms with E-state index in [1.54, 1.807) is 25.7 Å². The summed E-state index contributed by atoms with van der Waals surface area (Å²) in [4.78, 5) is 58.0. The van der Waals surface area contributed by atoms with E-state index >= 15 is 0 Å². The van der Waals surface area contributed by atoms with E-state index < -0.39 is 42.5 Å². The minimum atomic E-state index is -1.08. The number of methoxy groups -OCH3 is 1. The lowest BCUT2D eigenvalue weighted by Gasteiger charge is -2.35. The van der Waals surface area contributed by atoms with E-state index in [0.717, 1.165) is 43.0 Å². The highest BCUT2D eigenvalue weighted by Gasteiger charge is 2.34. The Kier molecular flexibility index (Phi) is 16.0. The van der Waals surface area contributed by atoms with Crippen molar-refractivity contribution in [2.24, 2.45) is 0 Å². The van der Waals surface area contributed by atoms with Crippen LogP contribution >= 0.6 is 0 Å². The van der Waals surface area contributed by atoms with E-state index in [0.29, 0.717) is 6.61 Å². The van der Waals surface area contributed by atoms with Crippen molar-refractivity contribution in [3.05, 3.63) is 132 Å². The zero-order valence-corrected chi connectivity index (χ0v) is 33.3. The Bertz CT molecular complexity index is 1910. The molecule has 0 saturated carbocycles. The second-order valence-corrected chi connectivity index (χ2v) is 14.3. The minimum Gasteiger partial charge on any atom is -0.442 e. The first-order valence-corrected chi connectivity index (χ1v) is 18.8. The molecule has 0 aliphatic heterocycles. The van der Waals surface area contributed by atoms with Gasteiger partial charge in [-0.2, -0.15) is 0 Å². The Balaban J connectivity index is 1.68. The summed E-state index contributed by atoms with van der Waals surface area (Å²) in [6.45, 7) is 12.7. The fraction of sp³-hybridized carbons (Fsp3) is 0.364. The molecule has 56 heavy (non-hydrogen) atoms. The van der Waals surface area contributed by atoms with Crippen LogP contribution in [0.3, 0.4) is 0 Å². The summed E-state index contributed by atoms with van der Waals surface area (Å²) in [5.41, 5.74) is 2.65. The summed E-state index contributed by atoms with van der Waals surface area (Å²) in [6.07, 6.45) is -0.0809. The number of amides is 5. The molecule has 12 heteroatoms. The molecule has 2 atom stereocenters. The van der Waals surface area contributed by atoms with Gasteiger partial charge < -0.3 is 29.7 Å². The van der Waals surface area contributed by atoms with E-state index in [2.05, 4.69) is 17.2 Å². The maximum absolute atomic E-state index is 14.8. The molecule has 0 saturated heterocycles. The number of fused-ring (bicyclic) bond motifs is 1. The fourth-order valence-electron chi connectivity index (χ4n) is 6.03. The molecule has 4 aromatic rings. The quantitative estimate of drug-likeness (QED) is 0.0691. The number of hydrazine groups is 1. The first kappa shape index (κ1) is 43.0. The van der Waals surface area contributed by atoms with Crippen molar-refractivity contribution in [2.75, 3.05) is 33.4 Å². The van der Waals surface area contributed by atoms with Crippen LogP contribution in [0.5, 0.6) is 0 Å². The Morgan fingerprint density at radius 1 is 0.857 bits per heavy atom. The van der Waals surface area contributed by atoms with Gasteiger partial charge in [-0.15, -0.1) is 6.58 Å². The van der Waals surface area contributed by atoms with Crippen LogP contribution < -0.4 is 10.6 Å². The smallest absolute Gasteiger partial charge is 0.429 e. The van der Waals surface area contributed by atoms with Crippen molar-refractivity contribution in [3.63, 3.8) is 0 Å². The van der Waals surface area contributed by atoms with Crippen molar-refractivity contribution in [3.8, 4) is 0 Å². The molecule has 0 bridgehead atoms. The van der Waals surface area contributed by atoms with Crippen LogP contribution in [-0.2, 0) is 43.3 Å². The third-order valence-corrected chi connectivity index (χ3v) is 8.74. The van der Waals surface area contributed by atoms with Gasteiger partial charge in [-0.05, 0) is 62.1 Å². The van der Waals surface area contributed by atoms with Crippen molar-refractivity contribution in [2.45, 2.75) is 72.1 Å². The minimum absolute atomic E-state index is 0.0748. The summed E-state index contributed by atoms with van der Waals surface area (Å²) < 4.78 is 17.1. The van der Waals surface area contributed by atoms with Gasteiger partial charge in [-0.25, -0.2) is 19.6 Å². The molecule has 0 radical (unpaired) electrons. The lowest BCUT2D eigenvalue weighted by molar-refractivity contribution is -0.154. The number of hydrogen-bond acceptors (Lipinski definition) is 7. The molecule has 0 heterocycles. The second-order valence-electron chi connectivity index (χ2n) is 14.3. The molecule has 5 amide bonds. The van der Waals surface area contributed by atoms with Gasteiger partial charge in [-0.1, -0.05) is 109 Å². The van der Waals surface area contributed by atoms with Crippen molar-refractivity contribution in [1.82, 2.24) is 25.6 Å². The van der Waals surface area contributed by atoms with E-state index in [4.69, 9.17) is 14.2 Å². The number of ether oxygens (including phenoxy) is 3. The van der Waals surface area contributed by atoms with Crippen LogP contribution in [0.25, 0.3) is 10.8 Å². The Morgan fingerprint density at radius 2 is 1.54 bits per heavy atom. The van der Waals surface area contributed by atoms with Crippen LogP contribution in [0.4, 0.5) is 9.59 Å². The highest BCUT2D eigenvalue weighted by Crippen LogP contribution is 2.22. The van der Waals surface area contributed by atoms with E-state index in [1.807, 2.05) is 111 Å². The van der Waals surface area contributed by atoms with Gasteiger partial charge in [0.1, 0.15) is 18.2 Å². The predicted octanol–water partition coefficient (Wildman–Crippen LogP) is 6.76. The van der Waals surface area contributed by atoms with Crippen LogP contribution in [-0.4, -0.2) is 90.1 Å². The Morgan fingerprint density at radius 3 is 2.20 bits per heavy atom. The van der Waals surface area contributed by atoms with Crippen molar-refractivity contribution < 1.29 is 33.4 Å². The molecule has 0 fully saturated rings. The SMILES string of the molecule is C=CCN(C(=O)NCc1ccccc1)N(CC(=O)N[C@@H](Cc1ccc(C)cc1)C(=O)N(Cc1cccc2ccccc12)CC(OC)OCC)C(=O)OC(C)(C)C. The molecule has 0 aromatic heterocycles. The molecule has 2 N–H and O–H groups in total. The molecule has 1 unspecified atom stereocenters. The first-order chi connectivity index (χ1) is 26.8. The standard InChI is InChI=1S/C44H55N5O7/c1-8-26-48(42(52)45-28-34-16-11-10-12-17-34)49(43(53)56-44(4,5)6)30-39(50)46-38(27-33-24-22-32(3)23-25-33)41(51)47(31-40(54-7)55-9-2)29-36-20-15-19-35-18-13-14-21-37(35)36/h8,10-25,38,40H,1,9,26-31H2,2-7H3,(H,45,52)(H,46,50)/t38-,40?/m0/s1. The van der Waals surface area contributed by atoms with Crippen molar-refractivity contribution >= 4 is 34.7 Å². The first-order valence-electron chi connectivity index (χ1n) is 18.8. The number of carbonyl (C=O) groups excluding carboxylic acids is 4. The Hall–Kier alpha value is -5.72. The molecule has 0 aliphatic carbocycles. The third-order valence-electron chi connectivity index (χ3n) is 8.74. The summed E-state index contributed by atoms with van der Waals surface area (Å²) >= 11 is 0.